The maximum absolute atomic E-state index is 11.8. The molecule has 86 valence electrons. The molecule has 1 rings (SSSR count). The van der Waals surface area contributed by atoms with Crippen molar-refractivity contribution in [1.82, 2.24) is 0 Å². The summed E-state index contributed by atoms with van der Waals surface area (Å²) < 4.78 is 5.18. The topological polar surface area (TPSA) is 63.6 Å². The van der Waals surface area contributed by atoms with Crippen LogP contribution >= 0.6 is 0 Å². The molecule has 1 aliphatic heterocycles. The van der Waals surface area contributed by atoms with Gasteiger partial charge in [0.2, 0.25) is 0 Å². The van der Waals surface area contributed by atoms with Gasteiger partial charge in [-0.05, 0) is 6.04 Å². The second-order valence-corrected chi connectivity index (χ2v) is 10.8. The van der Waals surface area contributed by atoms with Gasteiger partial charge < -0.3 is 9.84 Å². The number of carbonyl (C=O) groups excluding carboxylic acids is 1. The standard InChI is InChI=1S/C10H18O4Si/c1-15(2,3)7-10(9(12)13)6-14-5-4-8(10)11/h4-7H2,1-3H3,(H,12,13). The summed E-state index contributed by atoms with van der Waals surface area (Å²) in [5.41, 5.74) is -1.26. The van der Waals surface area contributed by atoms with Gasteiger partial charge in [-0.25, -0.2) is 0 Å². The Morgan fingerprint density at radius 1 is 1.53 bits per heavy atom. The van der Waals surface area contributed by atoms with Crippen molar-refractivity contribution in [3.8, 4) is 0 Å². The monoisotopic (exact) mass is 230 g/mol. The average molecular weight is 230 g/mol. The van der Waals surface area contributed by atoms with E-state index in [9.17, 15) is 14.7 Å². The Morgan fingerprint density at radius 2 is 2.13 bits per heavy atom. The smallest absolute Gasteiger partial charge is 0.319 e. The third-order valence-electron chi connectivity index (χ3n) is 2.60. The van der Waals surface area contributed by atoms with Crippen LogP contribution in [0.1, 0.15) is 6.42 Å². The summed E-state index contributed by atoms with van der Waals surface area (Å²) in [5.74, 6) is -1.18. The molecule has 1 heterocycles. The van der Waals surface area contributed by atoms with Gasteiger partial charge in [0.1, 0.15) is 5.41 Å². The highest BCUT2D eigenvalue weighted by Crippen LogP contribution is 2.34. The van der Waals surface area contributed by atoms with Crippen LogP contribution in [-0.2, 0) is 14.3 Å². The summed E-state index contributed by atoms with van der Waals surface area (Å²) in [6, 6.07) is 0.466. The van der Waals surface area contributed by atoms with Crippen LogP contribution in [0.4, 0.5) is 0 Å². The van der Waals surface area contributed by atoms with Crippen molar-refractivity contribution < 1.29 is 19.4 Å². The lowest BCUT2D eigenvalue weighted by molar-refractivity contribution is -0.162. The third kappa shape index (κ3) is 2.66. The number of aliphatic carboxylic acids is 1. The molecule has 1 atom stereocenters. The second-order valence-electron chi connectivity index (χ2n) is 5.35. The summed E-state index contributed by atoms with van der Waals surface area (Å²) >= 11 is 0. The summed E-state index contributed by atoms with van der Waals surface area (Å²) in [5, 5.41) is 9.24. The SMILES string of the molecule is C[Si](C)(C)CC1(C(=O)O)COCCC1=O. The summed E-state index contributed by atoms with van der Waals surface area (Å²) in [6.07, 6.45) is 0.233. The Labute approximate surface area is 90.6 Å². The van der Waals surface area contributed by atoms with Gasteiger partial charge in [-0.15, -0.1) is 0 Å². The molecule has 0 bridgehead atoms. The van der Waals surface area contributed by atoms with Crippen molar-refractivity contribution in [2.75, 3.05) is 13.2 Å². The first-order valence-electron chi connectivity index (χ1n) is 5.12. The van der Waals surface area contributed by atoms with Gasteiger partial charge in [-0.3, -0.25) is 9.59 Å². The van der Waals surface area contributed by atoms with Crippen molar-refractivity contribution in [3.05, 3.63) is 0 Å². The molecule has 0 aromatic rings. The van der Waals surface area contributed by atoms with E-state index in [1.165, 1.54) is 0 Å². The normalized spacial score (nSPS) is 27.8. The van der Waals surface area contributed by atoms with E-state index in [2.05, 4.69) is 19.6 Å². The molecular formula is C10H18O4Si. The van der Waals surface area contributed by atoms with Gasteiger partial charge in [0.05, 0.1) is 13.2 Å². The molecule has 15 heavy (non-hydrogen) atoms. The lowest BCUT2D eigenvalue weighted by Gasteiger charge is -2.35. The van der Waals surface area contributed by atoms with Gasteiger partial charge in [-0.1, -0.05) is 19.6 Å². The maximum Gasteiger partial charge on any atom is 0.319 e. The van der Waals surface area contributed by atoms with Crippen LogP contribution in [0.5, 0.6) is 0 Å². The second kappa shape index (κ2) is 4.06. The molecule has 1 saturated heterocycles. The van der Waals surface area contributed by atoms with E-state index in [-0.39, 0.29) is 18.8 Å². The predicted molar refractivity (Wildman–Crippen MR) is 58.7 cm³/mol. The van der Waals surface area contributed by atoms with Gasteiger partial charge in [0.25, 0.3) is 0 Å². The molecule has 0 amide bonds. The number of ether oxygens (including phenoxy) is 1. The van der Waals surface area contributed by atoms with E-state index in [1.807, 2.05) is 0 Å². The van der Waals surface area contributed by atoms with Crippen LogP contribution in [0.25, 0.3) is 0 Å². The minimum absolute atomic E-state index is 0.0471. The Morgan fingerprint density at radius 3 is 2.53 bits per heavy atom. The first-order chi connectivity index (χ1) is 6.78. The molecule has 1 aliphatic rings. The number of carboxylic acids is 1. The summed E-state index contributed by atoms with van der Waals surface area (Å²) in [4.78, 5) is 23.1. The van der Waals surface area contributed by atoms with Crippen molar-refractivity contribution in [2.45, 2.75) is 32.1 Å². The summed E-state index contributed by atoms with van der Waals surface area (Å²) in [7, 11) is -1.60. The van der Waals surface area contributed by atoms with Crippen LogP contribution in [0.3, 0.4) is 0 Å². The minimum atomic E-state index is -1.60. The Balaban J connectivity index is 2.96. The van der Waals surface area contributed by atoms with Crippen molar-refractivity contribution in [1.29, 1.82) is 0 Å². The zero-order valence-electron chi connectivity index (χ0n) is 9.50. The number of Topliss-reactive ketones (excluding diaryl/α,β-unsaturated/α-hetero) is 1. The molecule has 1 fully saturated rings. The van der Waals surface area contributed by atoms with Crippen LogP contribution < -0.4 is 0 Å². The largest absolute Gasteiger partial charge is 0.480 e. The van der Waals surface area contributed by atoms with E-state index in [4.69, 9.17) is 4.74 Å². The zero-order valence-corrected chi connectivity index (χ0v) is 10.5. The fraction of sp³-hybridized carbons (Fsp3) is 0.800. The maximum atomic E-state index is 11.8. The Kier molecular flexibility index (Phi) is 3.35. The first-order valence-corrected chi connectivity index (χ1v) is 8.83. The van der Waals surface area contributed by atoms with E-state index < -0.39 is 19.5 Å². The number of hydrogen-bond donors (Lipinski definition) is 1. The average Bonchev–Trinajstić information content (AvgIpc) is 2.06. The molecule has 1 N–H and O–H groups in total. The number of carbonyl (C=O) groups is 2. The van der Waals surface area contributed by atoms with Crippen molar-refractivity contribution >= 4 is 19.8 Å². The van der Waals surface area contributed by atoms with Gasteiger partial charge in [-0.2, -0.15) is 0 Å². The zero-order chi connectivity index (χ0) is 11.7. The Hall–Kier alpha value is -0.683. The van der Waals surface area contributed by atoms with Crippen molar-refractivity contribution in [3.63, 3.8) is 0 Å². The molecule has 0 aromatic heterocycles. The molecule has 0 saturated carbocycles. The number of hydrogen-bond acceptors (Lipinski definition) is 3. The highest BCUT2D eigenvalue weighted by molar-refractivity contribution is 6.76. The van der Waals surface area contributed by atoms with Crippen LogP contribution in [0.15, 0.2) is 0 Å². The van der Waals surface area contributed by atoms with Gasteiger partial charge in [0.15, 0.2) is 5.78 Å². The lowest BCUT2D eigenvalue weighted by atomic mass is 9.83. The Bertz CT molecular complexity index is 282. The lowest BCUT2D eigenvalue weighted by Crippen LogP contribution is -2.50. The predicted octanol–water partition coefficient (Wildman–Crippen LogP) is 1.39. The third-order valence-corrected chi connectivity index (χ3v) is 4.26. The van der Waals surface area contributed by atoms with E-state index >= 15 is 0 Å². The molecule has 5 heteroatoms. The molecule has 0 aromatic carbocycles. The number of carboxylic acid groups (broad SMARTS) is 1. The molecule has 4 nitrogen and oxygen atoms in total. The van der Waals surface area contributed by atoms with Gasteiger partial charge in [0, 0.05) is 14.5 Å². The van der Waals surface area contributed by atoms with E-state index in [0.717, 1.165) is 0 Å². The quantitative estimate of drug-likeness (QED) is 0.588. The highest BCUT2D eigenvalue weighted by Gasteiger charge is 2.50. The fourth-order valence-corrected chi connectivity index (χ4v) is 4.30. The first kappa shape index (κ1) is 12.4. The van der Waals surface area contributed by atoms with E-state index in [1.54, 1.807) is 0 Å². The molecular weight excluding hydrogens is 212 g/mol. The molecule has 0 radical (unpaired) electrons. The van der Waals surface area contributed by atoms with Crippen molar-refractivity contribution in [2.24, 2.45) is 5.41 Å². The fourth-order valence-electron chi connectivity index (χ4n) is 2.04. The summed E-state index contributed by atoms with van der Waals surface area (Å²) in [6.45, 7) is 6.61. The van der Waals surface area contributed by atoms with Crippen LogP contribution in [0, 0.1) is 5.41 Å². The molecule has 0 aliphatic carbocycles. The highest BCUT2D eigenvalue weighted by atomic mass is 28.3. The molecule has 0 spiro atoms. The minimum Gasteiger partial charge on any atom is -0.480 e. The molecule has 1 unspecified atom stereocenters. The van der Waals surface area contributed by atoms with Crippen LogP contribution in [-0.4, -0.2) is 38.1 Å². The van der Waals surface area contributed by atoms with Gasteiger partial charge >= 0.3 is 5.97 Å². The number of ketones is 1. The van der Waals surface area contributed by atoms with Crippen LogP contribution in [0.2, 0.25) is 25.7 Å². The number of rotatable bonds is 3. The van der Waals surface area contributed by atoms with E-state index in [0.29, 0.717) is 12.7 Å².